The minimum Gasteiger partial charge on any atom is -0.299 e. The van der Waals surface area contributed by atoms with Gasteiger partial charge in [0.1, 0.15) is 5.78 Å². The molecular weight excluding hydrogens is 76.1 g/mol. The average molecular weight is 80.1 g/mol. The highest BCUT2D eigenvalue weighted by Crippen LogP contribution is 2.94. The van der Waals surface area contributed by atoms with E-state index in [1.54, 1.807) is 0 Å². The maximum absolute atomic E-state index is 10.3. The van der Waals surface area contributed by atoms with Gasteiger partial charge in [-0.3, -0.25) is 4.79 Å². The molecule has 0 aromatic carbocycles. The summed E-state index contributed by atoms with van der Waals surface area (Å²) in [7, 11) is 0. The standard InChI is InChI=1S/C5H4O/c6-4-3-2-1-5(2,3)4/h2-3H,1H2. The summed E-state index contributed by atoms with van der Waals surface area (Å²) in [6.07, 6.45) is 1.26. The van der Waals surface area contributed by atoms with E-state index in [0.29, 0.717) is 17.1 Å². The van der Waals surface area contributed by atoms with E-state index in [2.05, 4.69) is 0 Å². The van der Waals surface area contributed by atoms with Gasteiger partial charge in [-0.2, -0.15) is 0 Å². The molecule has 0 bridgehead atoms. The van der Waals surface area contributed by atoms with Gasteiger partial charge < -0.3 is 0 Å². The van der Waals surface area contributed by atoms with Crippen molar-refractivity contribution in [2.45, 2.75) is 6.42 Å². The van der Waals surface area contributed by atoms with Gasteiger partial charge in [-0.25, -0.2) is 0 Å². The number of hydrogen-bond acceptors (Lipinski definition) is 1. The smallest absolute Gasteiger partial charge is 0.144 e. The van der Waals surface area contributed by atoms with Crippen molar-refractivity contribution in [1.82, 2.24) is 0 Å². The summed E-state index contributed by atoms with van der Waals surface area (Å²) in [6, 6.07) is 0. The van der Waals surface area contributed by atoms with Crippen LogP contribution in [-0.4, -0.2) is 5.78 Å². The van der Waals surface area contributed by atoms with Crippen LogP contribution in [0.3, 0.4) is 0 Å². The van der Waals surface area contributed by atoms with Gasteiger partial charge in [0.15, 0.2) is 0 Å². The highest BCUT2D eigenvalue weighted by atomic mass is 16.2. The zero-order valence-electron chi connectivity index (χ0n) is 3.27. The zero-order valence-corrected chi connectivity index (χ0v) is 3.27. The molecule has 0 amide bonds. The van der Waals surface area contributed by atoms with Gasteiger partial charge >= 0.3 is 0 Å². The number of Topliss-reactive ketones (excluding diaryl/α,β-unsaturated/α-hetero) is 1. The first-order valence-electron chi connectivity index (χ1n) is 2.42. The van der Waals surface area contributed by atoms with Gasteiger partial charge in [0, 0.05) is 11.3 Å². The molecule has 0 aromatic rings. The molecule has 3 rings (SSSR count). The zero-order chi connectivity index (χ0) is 3.94. The van der Waals surface area contributed by atoms with Crippen molar-refractivity contribution in [2.75, 3.05) is 0 Å². The van der Waals surface area contributed by atoms with E-state index in [1.165, 1.54) is 6.42 Å². The molecule has 1 nitrogen and oxygen atoms in total. The first kappa shape index (κ1) is 2.10. The first-order chi connectivity index (χ1) is 2.87. The summed E-state index contributed by atoms with van der Waals surface area (Å²) in [5.41, 5.74) is 0.403. The van der Waals surface area contributed by atoms with E-state index in [0.717, 1.165) is 5.92 Å². The lowest BCUT2D eigenvalue weighted by Crippen LogP contribution is -1.79. The van der Waals surface area contributed by atoms with Gasteiger partial charge in [-0.1, -0.05) is 0 Å². The Labute approximate surface area is 35.3 Å². The normalized spacial score (nSPS) is 78.3. The molecule has 3 saturated carbocycles. The fourth-order valence-corrected chi connectivity index (χ4v) is 1.66. The Hall–Kier alpha value is -0.330. The summed E-state index contributed by atoms with van der Waals surface area (Å²) in [6.45, 7) is 0. The lowest BCUT2D eigenvalue weighted by molar-refractivity contribution is -0.114. The van der Waals surface area contributed by atoms with Crippen LogP contribution >= 0.6 is 0 Å². The molecule has 3 unspecified atom stereocenters. The molecule has 3 aliphatic rings. The molecule has 0 aromatic heterocycles. The monoisotopic (exact) mass is 80.0 g/mol. The molecule has 0 heterocycles. The minimum absolute atomic E-state index is 0.403. The van der Waals surface area contributed by atoms with E-state index in [-0.39, 0.29) is 0 Å². The van der Waals surface area contributed by atoms with Crippen LogP contribution in [0.1, 0.15) is 6.42 Å². The molecule has 3 fully saturated rings. The Morgan fingerprint density at radius 2 is 2.50 bits per heavy atom. The Kier molecular flexibility index (Phi) is 0.0897. The molecule has 0 aliphatic heterocycles. The lowest BCUT2D eigenvalue weighted by Gasteiger charge is -1.66. The quantitative estimate of drug-likeness (QED) is 0.406. The number of carbonyl (C=O) groups is 1. The van der Waals surface area contributed by atoms with Crippen molar-refractivity contribution >= 4 is 5.78 Å². The third-order valence-corrected chi connectivity index (χ3v) is 2.57. The predicted molar refractivity (Wildman–Crippen MR) is 19.0 cm³/mol. The number of ketones is 1. The Bertz CT molecular complexity index is 161. The fourth-order valence-electron chi connectivity index (χ4n) is 1.66. The van der Waals surface area contributed by atoms with E-state index >= 15 is 0 Å². The van der Waals surface area contributed by atoms with Crippen molar-refractivity contribution in [3.05, 3.63) is 0 Å². The van der Waals surface area contributed by atoms with E-state index < -0.39 is 0 Å². The Balaban J connectivity index is 2.39. The molecule has 0 radical (unpaired) electrons. The number of hydrogen-bond donors (Lipinski definition) is 0. The molecule has 0 saturated heterocycles. The topological polar surface area (TPSA) is 17.1 Å². The van der Waals surface area contributed by atoms with E-state index in [4.69, 9.17) is 0 Å². The lowest BCUT2D eigenvalue weighted by atomic mass is 10.4. The van der Waals surface area contributed by atoms with Crippen molar-refractivity contribution in [3.63, 3.8) is 0 Å². The average Bonchev–Trinajstić information content (AvgIpc) is 2.13. The largest absolute Gasteiger partial charge is 0.299 e. The van der Waals surface area contributed by atoms with Crippen LogP contribution in [0.15, 0.2) is 0 Å². The number of carbonyl (C=O) groups excluding carboxylic acids is 1. The first-order valence-corrected chi connectivity index (χ1v) is 2.42. The number of rotatable bonds is 0. The van der Waals surface area contributed by atoms with Crippen LogP contribution in [0.2, 0.25) is 0 Å². The molecular formula is C5H4O. The minimum atomic E-state index is 0.403. The molecule has 30 valence electrons. The van der Waals surface area contributed by atoms with Crippen molar-refractivity contribution < 1.29 is 4.79 Å². The second-order valence-corrected chi connectivity index (χ2v) is 2.69. The predicted octanol–water partition coefficient (Wildman–Crippen LogP) is 0.205. The molecule has 0 N–H and O–H groups in total. The van der Waals surface area contributed by atoms with Crippen molar-refractivity contribution in [1.29, 1.82) is 0 Å². The van der Waals surface area contributed by atoms with Crippen LogP contribution in [0, 0.1) is 17.3 Å². The van der Waals surface area contributed by atoms with Crippen LogP contribution < -0.4 is 0 Å². The van der Waals surface area contributed by atoms with Crippen LogP contribution in [0.4, 0.5) is 0 Å². The van der Waals surface area contributed by atoms with Crippen molar-refractivity contribution in [2.24, 2.45) is 17.3 Å². The Morgan fingerprint density at radius 1 is 1.83 bits per heavy atom. The van der Waals surface area contributed by atoms with Crippen molar-refractivity contribution in [3.8, 4) is 0 Å². The fraction of sp³-hybridized carbons (Fsp3) is 0.800. The Morgan fingerprint density at radius 3 is 2.50 bits per heavy atom. The number of fused-ring (bicyclic) bond motifs is 1. The molecule has 1 spiro atoms. The van der Waals surface area contributed by atoms with Crippen LogP contribution in [0.5, 0.6) is 0 Å². The summed E-state index contributed by atoms with van der Waals surface area (Å²) in [5.74, 6) is 2.12. The molecule has 3 aliphatic carbocycles. The summed E-state index contributed by atoms with van der Waals surface area (Å²) in [5, 5.41) is 0. The maximum atomic E-state index is 10.3. The van der Waals surface area contributed by atoms with Gasteiger partial charge in [-0.15, -0.1) is 0 Å². The molecule has 3 atom stereocenters. The second kappa shape index (κ2) is 0.256. The third-order valence-electron chi connectivity index (χ3n) is 2.57. The summed E-state index contributed by atoms with van der Waals surface area (Å²) in [4.78, 5) is 10.3. The van der Waals surface area contributed by atoms with Crippen LogP contribution in [0.25, 0.3) is 0 Å². The molecule has 1 heteroatoms. The maximum Gasteiger partial charge on any atom is 0.144 e. The third kappa shape index (κ3) is 0.0430. The summed E-state index contributed by atoms with van der Waals surface area (Å²) < 4.78 is 0. The van der Waals surface area contributed by atoms with E-state index in [1.807, 2.05) is 0 Å². The van der Waals surface area contributed by atoms with Gasteiger partial charge in [-0.05, 0) is 12.3 Å². The van der Waals surface area contributed by atoms with Gasteiger partial charge in [0.25, 0.3) is 0 Å². The van der Waals surface area contributed by atoms with E-state index in [9.17, 15) is 4.79 Å². The van der Waals surface area contributed by atoms with Gasteiger partial charge in [0.2, 0.25) is 0 Å². The van der Waals surface area contributed by atoms with Crippen LogP contribution in [-0.2, 0) is 4.79 Å². The second-order valence-electron chi connectivity index (χ2n) is 2.69. The van der Waals surface area contributed by atoms with Gasteiger partial charge in [0.05, 0.1) is 0 Å². The molecule has 6 heavy (non-hydrogen) atoms. The highest BCUT2D eigenvalue weighted by Gasteiger charge is 2.99. The highest BCUT2D eigenvalue weighted by molar-refractivity contribution is 6.17. The SMILES string of the molecule is O=C1C2C3CC132. The summed E-state index contributed by atoms with van der Waals surface area (Å²) >= 11 is 0.